The van der Waals surface area contributed by atoms with Gasteiger partial charge in [0, 0.05) is 11.6 Å². The summed E-state index contributed by atoms with van der Waals surface area (Å²) in [6.07, 6.45) is 2.84. The molecule has 1 heterocycles. The van der Waals surface area contributed by atoms with Crippen LogP contribution in [0.5, 0.6) is 0 Å². The Kier molecular flexibility index (Phi) is 4.03. The Bertz CT molecular complexity index is 530. The van der Waals surface area contributed by atoms with Crippen LogP contribution in [0, 0.1) is 0 Å². The molecule has 6 heteroatoms. The van der Waals surface area contributed by atoms with Gasteiger partial charge in [0.25, 0.3) is 10.0 Å². The molecule has 1 saturated carbocycles. The van der Waals surface area contributed by atoms with E-state index in [9.17, 15) is 8.42 Å². The van der Waals surface area contributed by atoms with E-state index >= 15 is 0 Å². The van der Waals surface area contributed by atoms with E-state index in [1.165, 1.54) is 6.07 Å². The fourth-order valence-electron chi connectivity index (χ4n) is 2.09. The predicted octanol–water partition coefficient (Wildman–Crippen LogP) is 2.00. The molecule has 2 N–H and O–H groups in total. The zero-order valence-electron chi connectivity index (χ0n) is 11.7. The van der Waals surface area contributed by atoms with Crippen molar-refractivity contribution < 1.29 is 12.8 Å². The summed E-state index contributed by atoms with van der Waals surface area (Å²) in [5.74, 6) is 0.632. The molecule has 108 valence electrons. The van der Waals surface area contributed by atoms with E-state index in [0.717, 1.165) is 19.3 Å². The van der Waals surface area contributed by atoms with Gasteiger partial charge in [-0.25, -0.2) is 13.1 Å². The van der Waals surface area contributed by atoms with Gasteiger partial charge in [-0.2, -0.15) is 0 Å². The largest absolute Gasteiger partial charge is 0.447 e. The summed E-state index contributed by atoms with van der Waals surface area (Å²) in [4.78, 5) is 0. The molecule has 0 aliphatic heterocycles. The Morgan fingerprint density at radius 1 is 1.37 bits per heavy atom. The predicted molar refractivity (Wildman–Crippen MR) is 73.3 cm³/mol. The van der Waals surface area contributed by atoms with Crippen molar-refractivity contribution in [1.29, 1.82) is 0 Å². The number of furan rings is 1. The molecule has 0 spiro atoms. The van der Waals surface area contributed by atoms with Gasteiger partial charge in [0.1, 0.15) is 5.76 Å². The van der Waals surface area contributed by atoms with Gasteiger partial charge in [-0.3, -0.25) is 0 Å². The Morgan fingerprint density at radius 3 is 2.58 bits per heavy atom. The topological polar surface area (TPSA) is 71.3 Å². The van der Waals surface area contributed by atoms with Gasteiger partial charge in [0.05, 0.1) is 6.54 Å². The lowest BCUT2D eigenvalue weighted by Gasteiger charge is -2.38. The maximum Gasteiger partial charge on any atom is 0.274 e. The number of rotatable bonds is 6. The standard InChI is InChI=1S/C13H22N2O3S/c1-10(2)14-9-11-5-6-12(18-11)19(16,17)15-13(3)7-4-8-13/h5-6,10,14-15H,4,7-9H2,1-3H3. The lowest BCUT2D eigenvalue weighted by Crippen LogP contribution is -2.50. The first-order valence-corrected chi connectivity index (χ1v) is 8.15. The molecule has 0 atom stereocenters. The lowest BCUT2D eigenvalue weighted by atomic mass is 9.80. The van der Waals surface area contributed by atoms with Gasteiger partial charge < -0.3 is 9.73 Å². The van der Waals surface area contributed by atoms with Crippen LogP contribution in [0.25, 0.3) is 0 Å². The van der Waals surface area contributed by atoms with Gasteiger partial charge in [-0.15, -0.1) is 0 Å². The van der Waals surface area contributed by atoms with Crippen LogP contribution in [0.1, 0.15) is 45.8 Å². The SMILES string of the molecule is CC(C)NCc1ccc(S(=O)(=O)NC2(C)CCC2)o1. The highest BCUT2D eigenvalue weighted by Gasteiger charge is 2.37. The summed E-state index contributed by atoms with van der Waals surface area (Å²) in [6.45, 7) is 6.52. The molecule has 5 nitrogen and oxygen atoms in total. The van der Waals surface area contributed by atoms with Crippen LogP contribution < -0.4 is 10.0 Å². The smallest absolute Gasteiger partial charge is 0.274 e. The molecular weight excluding hydrogens is 264 g/mol. The molecule has 1 aromatic heterocycles. The van der Waals surface area contributed by atoms with Crippen molar-refractivity contribution in [2.75, 3.05) is 0 Å². The quantitative estimate of drug-likeness (QED) is 0.839. The van der Waals surface area contributed by atoms with E-state index in [0.29, 0.717) is 18.3 Å². The Balaban J connectivity index is 2.04. The van der Waals surface area contributed by atoms with Crippen molar-refractivity contribution in [2.24, 2.45) is 0 Å². The monoisotopic (exact) mass is 286 g/mol. The minimum atomic E-state index is -3.54. The van der Waals surface area contributed by atoms with Crippen molar-refractivity contribution in [1.82, 2.24) is 10.0 Å². The molecule has 1 fully saturated rings. The second-order valence-corrected chi connectivity index (χ2v) is 7.39. The summed E-state index contributed by atoms with van der Waals surface area (Å²) in [5, 5.41) is 3.19. The van der Waals surface area contributed by atoms with Crippen LogP contribution in [0.2, 0.25) is 0 Å². The van der Waals surface area contributed by atoms with Crippen LogP contribution >= 0.6 is 0 Å². The van der Waals surface area contributed by atoms with Gasteiger partial charge in [-0.05, 0) is 38.3 Å². The van der Waals surface area contributed by atoms with Gasteiger partial charge in [-0.1, -0.05) is 13.8 Å². The minimum absolute atomic E-state index is 0.00109. The molecule has 0 aromatic carbocycles. The maximum atomic E-state index is 12.2. The highest BCUT2D eigenvalue weighted by molar-refractivity contribution is 7.89. The Hall–Kier alpha value is -0.850. The van der Waals surface area contributed by atoms with Crippen molar-refractivity contribution in [3.63, 3.8) is 0 Å². The van der Waals surface area contributed by atoms with Gasteiger partial charge in [0.2, 0.25) is 5.09 Å². The van der Waals surface area contributed by atoms with E-state index in [1.54, 1.807) is 6.07 Å². The molecule has 0 saturated heterocycles. The highest BCUT2D eigenvalue weighted by atomic mass is 32.2. The average Bonchev–Trinajstić information content (AvgIpc) is 2.73. The van der Waals surface area contributed by atoms with E-state index < -0.39 is 10.0 Å². The Labute approximate surface area is 114 Å². The molecule has 0 unspecified atom stereocenters. The zero-order valence-corrected chi connectivity index (χ0v) is 12.5. The van der Waals surface area contributed by atoms with Crippen molar-refractivity contribution >= 4 is 10.0 Å². The third-order valence-corrected chi connectivity index (χ3v) is 4.93. The van der Waals surface area contributed by atoms with E-state index in [4.69, 9.17) is 4.42 Å². The van der Waals surface area contributed by atoms with Crippen LogP contribution in [-0.2, 0) is 16.6 Å². The average molecular weight is 286 g/mol. The molecule has 1 aliphatic carbocycles. The van der Waals surface area contributed by atoms with Crippen LogP contribution in [-0.4, -0.2) is 20.0 Å². The first-order valence-electron chi connectivity index (χ1n) is 6.67. The first kappa shape index (κ1) is 14.6. The molecule has 1 aliphatic rings. The van der Waals surface area contributed by atoms with Crippen molar-refractivity contribution in [3.8, 4) is 0 Å². The van der Waals surface area contributed by atoms with E-state index in [1.807, 2.05) is 20.8 Å². The summed E-state index contributed by atoms with van der Waals surface area (Å²) < 4.78 is 32.5. The normalized spacial score (nSPS) is 18.5. The van der Waals surface area contributed by atoms with Gasteiger partial charge in [0.15, 0.2) is 0 Å². The molecule has 0 bridgehead atoms. The van der Waals surface area contributed by atoms with E-state index in [2.05, 4.69) is 10.0 Å². The summed E-state index contributed by atoms with van der Waals surface area (Å²) >= 11 is 0. The second-order valence-electron chi connectivity index (χ2n) is 5.78. The van der Waals surface area contributed by atoms with Gasteiger partial charge >= 0.3 is 0 Å². The second kappa shape index (κ2) is 5.26. The summed E-state index contributed by atoms with van der Waals surface area (Å²) in [5.41, 5.74) is -0.304. The third-order valence-electron chi connectivity index (χ3n) is 3.42. The lowest BCUT2D eigenvalue weighted by molar-refractivity contribution is 0.245. The molecule has 2 rings (SSSR count). The number of hydrogen-bond acceptors (Lipinski definition) is 4. The maximum absolute atomic E-state index is 12.2. The zero-order chi connectivity index (χ0) is 14.1. The number of sulfonamides is 1. The van der Waals surface area contributed by atoms with Crippen LogP contribution in [0.4, 0.5) is 0 Å². The molecular formula is C13H22N2O3S. The number of hydrogen-bond donors (Lipinski definition) is 2. The molecule has 1 aromatic rings. The molecule has 0 amide bonds. The minimum Gasteiger partial charge on any atom is -0.447 e. The summed E-state index contributed by atoms with van der Waals surface area (Å²) in [6, 6.07) is 3.55. The Morgan fingerprint density at radius 2 is 2.05 bits per heavy atom. The molecule has 0 radical (unpaired) electrons. The number of nitrogens with one attached hydrogen (secondary N) is 2. The fourth-order valence-corrected chi connectivity index (χ4v) is 3.50. The molecule has 19 heavy (non-hydrogen) atoms. The fraction of sp³-hybridized carbons (Fsp3) is 0.692. The van der Waals surface area contributed by atoms with E-state index in [-0.39, 0.29) is 10.6 Å². The van der Waals surface area contributed by atoms with Crippen molar-refractivity contribution in [2.45, 2.75) is 63.3 Å². The third kappa shape index (κ3) is 3.58. The van der Waals surface area contributed by atoms with Crippen LogP contribution in [0.3, 0.4) is 0 Å². The highest BCUT2D eigenvalue weighted by Crippen LogP contribution is 2.32. The van der Waals surface area contributed by atoms with Crippen molar-refractivity contribution in [3.05, 3.63) is 17.9 Å². The summed E-state index contributed by atoms with van der Waals surface area (Å²) in [7, 11) is -3.54. The van der Waals surface area contributed by atoms with Crippen LogP contribution in [0.15, 0.2) is 21.6 Å². The first-order chi connectivity index (χ1) is 8.81.